The van der Waals surface area contributed by atoms with Gasteiger partial charge in [0.15, 0.2) is 5.82 Å². The minimum Gasteiger partial charge on any atom is -0.475 e. The van der Waals surface area contributed by atoms with Gasteiger partial charge in [-0.1, -0.05) is 36.4 Å². The van der Waals surface area contributed by atoms with Crippen molar-refractivity contribution in [1.82, 2.24) is 20.2 Å². The number of hydrogen-bond donors (Lipinski definition) is 7. The number of nitrogen functional groups attached to an aromatic ring is 2. The number of nitrogens with two attached hydrogens (primary N) is 2. The van der Waals surface area contributed by atoms with Gasteiger partial charge in [-0.3, -0.25) is 24.4 Å². The van der Waals surface area contributed by atoms with E-state index in [9.17, 15) is 32.3 Å². The number of esters is 1. The van der Waals surface area contributed by atoms with E-state index in [1.165, 1.54) is 23.9 Å². The van der Waals surface area contributed by atoms with E-state index in [-0.39, 0.29) is 48.6 Å². The van der Waals surface area contributed by atoms with Crippen molar-refractivity contribution in [2.75, 3.05) is 18.2 Å². The molecule has 0 fully saturated rings. The summed E-state index contributed by atoms with van der Waals surface area (Å²) in [6.45, 7) is 3.77. The highest BCUT2D eigenvalue weighted by molar-refractivity contribution is 5.97. The average Bonchev–Trinajstić information content (AvgIpc) is 3.10. The van der Waals surface area contributed by atoms with Gasteiger partial charge in [-0.15, -0.1) is 0 Å². The van der Waals surface area contributed by atoms with Crippen molar-refractivity contribution in [3.05, 3.63) is 111 Å². The number of benzene rings is 3. The summed E-state index contributed by atoms with van der Waals surface area (Å²) in [5.41, 5.74) is 14.9. The molecule has 0 radical (unpaired) electrons. The number of nitrogens with zero attached hydrogens (tertiary/aromatic N) is 2. The van der Waals surface area contributed by atoms with Crippen molar-refractivity contribution in [3.8, 4) is 11.3 Å². The standard InChI is InChI=1S/C33H36N8O5.C2HF3O2/c1-19(2)40-30-32(44)41(18-28(42)37-15-20-4-8-22(9-5-20)29(35)36)27(17-38-30)24-12-25(14-26(34)13-24)31(43)39-16-21-6-10-23(11-7-21)33(45)46-3;3-2(4,5)1(6)7/h4-14,17,19H,15-16,18,34H2,1-3H3,(H3,35,36)(H,37,42)(H,38,40)(H,39,43);(H,6,7). The van der Waals surface area contributed by atoms with Crippen LogP contribution in [0.4, 0.5) is 24.7 Å². The maximum atomic E-state index is 13.5. The summed E-state index contributed by atoms with van der Waals surface area (Å²) >= 11 is 0. The summed E-state index contributed by atoms with van der Waals surface area (Å²) in [5.74, 6) is -4.04. The molecule has 0 aliphatic heterocycles. The number of hydrogen-bond acceptors (Lipinski definition) is 10. The zero-order chi connectivity index (χ0) is 39.5. The van der Waals surface area contributed by atoms with Crippen molar-refractivity contribution in [1.29, 1.82) is 5.41 Å². The van der Waals surface area contributed by atoms with Crippen molar-refractivity contribution >= 4 is 41.1 Å². The highest BCUT2D eigenvalue weighted by Gasteiger charge is 2.38. The molecule has 3 aromatic carbocycles. The van der Waals surface area contributed by atoms with Gasteiger partial charge < -0.3 is 37.3 Å². The van der Waals surface area contributed by atoms with E-state index >= 15 is 0 Å². The Morgan fingerprint density at radius 3 is 1.98 bits per heavy atom. The number of carbonyl (C=O) groups excluding carboxylic acids is 3. The quantitative estimate of drug-likeness (QED) is 0.0481. The predicted molar refractivity (Wildman–Crippen MR) is 189 cm³/mol. The Bertz CT molecular complexity index is 2030. The van der Waals surface area contributed by atoms with Crippen LogP contribution in [0.2, 0.25) is 0 Å². The molecule has 2 amide bonds. The summed E-state index contributed by atoms with van der Waals surface area (Å²) in [7, 11) is 1.30. The fourth-order valence-electron chi connectivity index (χ4n) is 4.54. The molecule has 1 heterocycles. The average molecular weight is 739 g/mol. The highest BCUT2D eigenvalue weighted by Crippen LogP contribution is 2.24. The fourth-order valence-corrected chi connectivity index (χ4v) is 4.54. The zero-order valence-corrected chi connectivity index (χ0v) is 28.7. The molecule has 0 aliphatic carbocycles. The minimum atomic E-state index is -5.08. The first-order chi connectivity index (χ1) is 24.9. The Kier molecular flexibility index (Phi) is 13.8. The van der Waals surface area contributed by atoms with E-state index in [0.717, 1.165) is 11.1 Å². The first-order valence-electron chi connectivity index (χ1n) is 15.6. The van der Waals surface area contributed by atoms with Crippen LogP contribution >= 0.6 is 0 Å². The largest absolute Gasteiger partial charge is 0.490 e. The number of carboxylic acid groups (broad SMARTS) is 1. The van der Waals surface area contributed by atoms with E-state index in [0.29, 0.717) is 22.4 Å². The highest BCUT2D eigenvalue weighted by atomic mass is 19.4. The molecule has 1 aromatic heterocycles. The number of alkyl halides is 3. The summed E-state index contributed by atoms with van der Waals surface area (Å²) in [4.78, 5) is 64.7. The topological polar surface area (TPSA) is 245 Å². The molecule has 9 N–H and O–H groups in total. The molecule has 0 saturated heterocycles. The van der Waals surface area contributed by atoms with E-state index < -0.39 is 35.5 Å². The molecule has 0 spiro atoms. The van der Waals surface area contributed by atoms with E-state index in [4.69, 9.17) is 31.5 Å². The van der Waals surface area contributed by atoms with Crippen LogP contribution in [0.3, 0.4) is 0 Å². The molecule has 0 atom stereocenters. The number of aliphatic carboxylic acids is 1. The number of ether oxygens (including phenoxy) is 1. The van der Waals surface area contributed by atoms with Gasteiger partial charge in [-0.05, 0) is 55.3 Å². The number of amides is 2. The minimum absolute atomic E-state index is 0.0556. The van der Waals surface area contributed by atoms with E-state index in [1.54, 1.807) is 60.7 Å². The Morgan fingerprint density at radius 1 is 0.925 bits per heavy atom. The summed E-state index contributed by atoms with van der Waals surface area (Å²) in [5, 5.41) is 23.3. The summed E-state index contributed by atoms with van der Waals surface area (Å²) in [6, 6.07) is 18.1. The van der Waals surface area contributed by atoms with Crippen LogP contribution in [0.25, 0.3) is 11.3 Å². The van der Waals surface area contributed by atoms with Gasteiger partial charge in [0.2, 0.25) is 5.91 Å². The normalized spacial score (nSPS) is 10.8. The molecule has 4 aromatic rings. The number of rotatable bonds is 12. The number of carbonyl (C=O) groups is 4. The van der Waals surface area contributed by atoms with Crippen molar-refractivity contribution in [2.24, 2.45) is 5.73 Å². The number of amidine groups is 1. The van der Waals surface area contributed by atoms with Crippen LogP contribution in [0.15, 0.2) is 77.7 Å². The number of aromatic nitrogens is 2. The molecule has 4 rings (SSSR count). The van der Waals surface area contributed by atoms with Gasteiger partial charge in [-0.2, -0.15) is 13.2 Å². The van der Waals surface area contributed by atoms with Gasteiger partial charge >= 0.3 is 18.1 Å². The summed E-state index contributed by atoms with van der Waals surface area (Å²) in [6.07, 6.45) is -3.63. The molecule has 53 heavy (non-hydrogen) atoms. The lowest BCUT2D eigenvalue weighted by molar-refractivity contribution is -0.192. The Balaban J connectivity index is 0.000000980. The number of halogens is 3. The first kappa shape index (κ1) is 40.7. The lowest BCUT2D eigenvalue weighted by atomic mass is 10.1. The number of methoxy groups -OCH3 is 1. The molecule has 0 saturated carbocycles. The molecule has 0 unspecified atom stereocenters. The van der Waals surface area contributed by atoms with Gasteiger partial charge in [0.05, 0.1) is 24.6 Å². The van der Waals surface area contributed by atoms with Gasteiger partial charge in [0.1, 0.15) is 12.4 Å². The van der Waals surface area contributed by atoms with Crippen LogP contribution < -0.4 is 33.0 Å². The van der Waals surface area contributed by atoms with Crippen LogP contribution in [0.1, 0.15) is 51.3 Å². The Labute approximate surface area is 300 Å². The zero-order valence-electron chi connectivity index (χ0n) is 28.7. The third kappa shape index (κ3) is 11.9. The van der Waals surface area contributed by atoms with Gasteiger partial charge in [0.25, 0.3) is 11.5 Å². The van der Waals surface area contributed by atoms with Crippen molar-refractivity contribution in [3.63, 3.8) is 0 Å². The van der Waals surface area contributed by atoms with E-state index in [1.807, 2.05) is 13.8 Å². The molecule has 0 aliphatic rings. The number of anilines is 2. The molecule has 280 valence electrons. The van der Waals surface area contributed by atoms with Gasteiger partial charge in [0, 0.05) is 41.5 Å². The first-order valence-corrected chi connectivity index (χ1v) is 15.6. The lowest BCUT2D eigenvalue weighted by Gasteiger charge is -2.17. The third-order valence-electron chi connectivity index (χ3n) is 7.12. The fraction of sp³-hybridized carbons (Fsp3) is 0.229. The van der Waals surface area contributed by atoms with E-state index in [2.05, 4.69) is 20.9 Å². The molecule has 15 nitrogen and oxygen atoms in total. The lowest BCUT2D eigenvalue weighted by Crippen LogP contribution is -2.35. The van der Waals surface area contributed by atoms with Crippen LogP contribution in [0, 0.1) is 5.41 Å². The maximum absolute atomic E-state index is 13.5. The molecule has 18 heteroatoms. The van der Waals surface area contributed by atoms with Crippen molar-refractivity contribution in [2.45, 2.75) is 45.7 Å². The molecular formula is C35H37F3N8O7. The second kappa shape index (κ2) is 18.0. The van der Waals surface area contributed by atoms with Gasteiger partial charge in [-0.25, -0.2) is 14.6 Å². The Morgan fingerprint density at radius 2 is 1.47 bits per heavy atom. The third-order valence-corrected chi connectivity index (χ3v) is 7.12. The predicted octanol–water partition coefficient (Wildman–Crippen LogP) is 3.26. The Hall–Kier alpha value is -6.72. The van der Waals surface area contributed by atoms with Crippen LogP contribution in [-0.2, 0) is 34.0 Å². The second-order valence-electron chi connectivity index (χ2n) is 11.6. The van der Waals surface area contributed by atoms with Crippen LogP contribution in [-0.4, -0.2) is 63.6 Å². The second-order valence-corrected chi connectivity index (χ2v) is 11.6. The maximum Gasteiger partial charge on any atom is 0.490 e. The number of carboxylic acids is 1. The van der Waals surface area contributed by atoms with Crippen LogP contribution in [0.5, 0.6) is 0 Å². The monoisotopic (exact) mass is 738 g/mol. The smallest absolute Gasteiger partial charge is 0.475 e. The molecular weight excluding hydrogens is 701 g/mol. The number of nitrogens with one attached hydrogen (secondary N) is 4. The van der Waals surface area contributed by atoms with Crippen molar-refractivity contribution < 1.29 is 42.2 Å². The molecule has 0 bridgehead atoms. The summed E-state index contributed by atoms with van der Waals surface area (Å²) < 4.78 is 37.7. The SMILES string of the molecule is COC(=O)c1ccc(CNC(=O)c2cc(N)cc(-c3cnc(NC(C)C)c(=O)n3CC(=O)NCc3ccc(C(=N)N)cc3)c2)cc1.O=C(O)C(F)(F)F.